The van der Waals surface area contributed by atoms with Gasteiger partial charge in [0, 0.05) is 18.2 Å². The Morgan fingerprint density at radius 3 is 3.00 bits per heavy atom. The Labute approximate surface area is 89.8 Å². The van der Waals surface area contributed by atoms with Gasteiger partial charge < -0.3 is 10.2 Å². The van der Waals surface area contributed by atoms with Gasteiger partial charge in [0.15, 0.2) is 0 Å². The van der Waals surface area contributed by atoms with Crippen LogP contribution in [-0.2, 0) is 4.79 Å². The molecule has 1 aliphatic heterocycles. The second-order valence-electron chi connectivity index (χ2n) is 3.72. The molecule has 0 aromatic carbocycles. The minimum Gasteiger partial charge on any atom is -0.355 e. The van der Waals surface area contributed by atoms with Crippen LogP contribution in [0.5, 0.6) is 0 Å². The van der Waals surface area contributed by atoms with E-state index in [1.807, 2.05) is 14.1 Å². The lowest BCUT2D eigenvalue weighted by atomic mass is 10.3. The molecule has 0 aromatic rings. The highest BCUT2D eigenvalue weighted by atomic mass is 32.2. The zero-order valence-corrected chi connectivity index (χ0v) is 9.69. The number of rotatable bonds is 5. The van der Waals surface area contributed by atoms with Crippen molar-refractivity contribution < 1.29 is 4.79 Å². The van der Waals surface area contributed by atoms with Crippen LogP contribution >= 0.6 is 11.8 Å². The maximum absolute atomic E-state index is 11.5. The summed E-state index contributed by atoms with van der Waals surface area (Å²) in [5, 5.41) is 6.09. The first-order chi connectivity index (χ1) is 6.70. The zero-order chi connectivity index (χ0) is 10.4. The van der Waals surface area contributed by atoms with E-state index in [9.17, 15) is 4.79 Å². The Morgan fingerprint density at radius 2 is 2.43 bits per heavy atom. The van der Waals surface area contributed by atoms with Crippen LogP contribution in [0.25, 0.3) is 0 Å². The van der Waals surface area contributed by atoms with Crippen LogP contribution < -0.4 is 10.6 Å². The van der Waals surface area contributed by atoms with E-state index in [1.165, 1.54) is 0 Å². The van der Waals surface area contributed by atoms with Gasteiger partial charge in [-0.25, -0.2) is 0 Å². The monoisotopic (exact) mass is 217 g/mol. The third kappa shape index (κ3) is 4.30. The molecule has 14 heavy (non-hydrogen) atoms. The summed E-state index contributed by atoms with van der Waals surface area (Å²) >= 11 is 1.77. The molecule has 1 atom stereocenters. The second-order valence-corrected chi connectivity index (χ2v) is 4.75. The average Bonchev–Trinajstić information content (AvgIpc) is 2.64. The van der Waals surface area contributed by atoms with Crippen LogP contribution in [0.1, 0.15) is 6.42 Å². The van der Waals surface area contributed by atoms with E-state index in [1.54, 1.807) is 11.8 Å². The molecule has 1 saturated heterocycles. The smallest absolute Gasteiger partial charge is 0.238 e. The molecule has 0 spiro atoms. The summed E-state index contributed by atoms with van der Waals surface area (Å²) in [7, 11) is 4.08. The quantitative estimate of drug-likeness (QED) is 0.622. The lowest BCUT2D eigenvalue weighted by Gasteiger charge is -2.12. The van der Waals surface area contributed by atoms with Crippen molar-refractivity contribution in [3.8, 4) is 0 Å². The van der Waals surface area contributed by atoms with Crippen molar-refractivity contribution in [1.29, 1.82) is 0 Å². The van der Waals surface area contributed by atoms with Crippen molar-refractivity contribution in [3.63, 3.8) is 0 Å². The van der Waals surface area contributed by atoms with Gasteiger partial charge in [0.1, 0.15) is 0 Å². The number of thioether (sulfide) groups is 1. The number of amides is 1. The third-order valence-corrected chi connectivity index (χ3v) is 3.05. The highest BCUT2D eigenvalue weighted by molar-refractivity contribution is 7.99. The van der Waals surface area contributed by atoms with Gasteiger partial charge in [0.2, 0.25) is 5.91 Å². The number of hydrogen-bond donors (Lipinski definition) is 2. The van der Waals surface area contributed by atoms with Gasteiger partial charge >= 0.3 is 0 Å². The third-order valence-electron chi connectivity index (χ3n) is 2.11. The number of carbonyl (C=O) groups excluding carboxylic acids is 1. The van der Waals surface area contributed by atoms with Gasteiger partial charge in [-0.3, -0.25) is 10.1 Å². The Balaban J connectivity index is 2.03. The number of hydrogen-bond acceptors (Lipinski definition) is 4. The van der Waals surface area contributed by atoms with Crippen LogP contribution in [0.2, 0.25) is 0 Å². The van der Waals surface area contributed by atoms with Crippen LogP contribution in [0, 0.1) is 0 Å². The predicted molar refractivity (Wildman–Crippen MR) is 60.4 cm³/mol. The summed E-state index contributed by atoms with van der Waals surface area (Å²) in [6.45, 7) is 1.80. The summed E-state index contributed by atoms with van der Waals surface area (Å²) in [6, 6.07) is 0.0272. The van der Waals surface area contributed by atoms with E-state index < -0.39 is 0 Å². The summed E-state index contributed by atoms with van der Waals surface area (Å²) in [6.07, 6.45) is 1.01. The first-order valence-corrected chi connectivity index (χ1v) is 6.09. The Bertz CT molecular complexity index is 181. The summed E-state index contributed by atoms with van der Waals surface area (Å²) in [5.74, 6) is 1.95. The fourth-order valence-corrected chi connectivity index (χ4v) is 2.24. The van der Waals surface area contributed by atoms with Gasteiger partial charge in [-0.1, -0.05) is 0 Å². The Morgan fingerprint density at radius 1 is 1.64 bits per heavy atom. The molecular weight excluding hydrogens is 198 g/mol. The van der Waals surface area contributed by atoms with Crippen molar-refractivity contribution in [1.82, 2.24) is 15.5 Å². The van der Waals surface area contributed by atoms with E-state index in [4.69, 9.17) is 0 Å². The molecule has 1 heterocycles. The van der Waals surface area contributed by atoms with E-state index in [0.29, 0.717) is 0 Å². The predicted octanol–water partition coefficient (Wildman–Crippen LogP) is -0.283. The van der Waals surface area contributed by atoms with Crippen molar-refractivity contribution in [2.24, 2.45) is 0 Å². The molecule has 1 amide bonds. The van der Waals surface area contributed by atoms with E-state index in [2.05, 4.69) is 15.5 Å². The lowest BCUT2D eigenvalue weighted by Crippen LogP contribution is -2.42. The highest BCUT2D eigenvalue weighted by Crippen LogP contribution is 2.08. The molecule has 1 aliphatic rings. The maximum Gasteiger partial charge on any atom is 0.238 e. The van der Waals surface area contributed by atoms with Crippen molar-refractivity contribution >= 4 is 17.7 Å². The molecular formula is C9H19N3OS. The molecule has 0 saturated carbocycles. The van der Waals surface area contributed by atoms with Gasteiger partial charge in [0.25, 0.3) is 0 Å². The van der Waals surface area contributed by atoms with Crippen LogP contribution in [-0.4, -0.2) is 55.7 Å². The average molecular weight is 217 g/mol. The molecule has 1 unspecified atom stereocenters. The summed E-state index contributed by atoms with van der Waals surface area (Å²) in [5.41, 5.74) is 0. The van der Waals surface area contributed by atoms with Gasteiger partial charge in [0.05, 0.1) is 6.04 Å². The standard InChI is InChI=1S/C9H19N3OS/c1-12(2)5-3-4-10-9(13)8-6-14-7-11-8/h8,11H,3-7H2,1-2H3,(H,10,13). The molecule has 2 N–H and O–H groups in total. The lowest BCUT2D eigenvalue weighted by molar-refractivity contribution is -0.122. The fourth-order valence-electron chi connectivity index (χ4n) is 1.29. The van der Waals surface area contributed by atoms with Crippen LogP contribution in [0.4, 0.5) is 0 Å². The molecule has 1 rings (SSSR count). The van der Waals surface area contributed by atoms with E-state index in [0.717, 1.165) is 31.1 Å². The minimum absolute atomic E-state index is 0.0272. The second kappa shape index (κ2) is 6.27. The molecule has 0 bridgehead atoms. The number of carbonyl (C=O) groups is 1. The molecule has 1 fully saturated rings. The largest absolute Gasteiger partial charge is 0.355 e. The Hall–Kier alpha value is -0.260. The summed E-state index contributed by atoms with van der Waals surface area (Å²) < 4.78 is 0. The molecule has 0 radical (unpaired) electrons. The molecule has 4 nitrogen and oxygen atoms in total. The first-order valence-electron chi connectivity index (χ1n) is 4.93. The molecule has 5 heteroatoms. The number of nitrogens with zero attached hydrogens (tertiary/aromatic N) is 1. The van der Waals surface area contributed by atoms with Crippen molar-refractivity contribution in [3.05, 3.63) is 0 Å². The van der Waals surface area contributed by atoms with Gasteiger partial charge in [-0.2, -0.15) is 0 Å². The first kappa shape index (κ1) is 11.8. The van der Waals surface area contributed by atoms with E-state index in [-0.39, 0.29) is 11.9 Å². The fraction of sp³-hybridized carbons (Fsp3) is 0.889. The van der Waals surface area contributed by atoms with E-state index >= 15 is 0 Å². The zero-order valence-electron chi connectivity index (χ0n) is 8.88. The van der Waals surface area contributed by atoms with Crippen molar-refractivity contribution in [2.45, 2.75) is 12.5 Å². The Kier molecular flexibility index (Phi) is 5.29. The van der Waals surface area contributed by atoms with Crippen LogP contribution in [0.3, 0.4) is 0 Å². The van der Waals surface area contributed by atoms with Crippen molar-refractivity contribution in [2.75, 3.05) is 38.8 Å². The molecule has 0 aliphatic carbocycles. The molecule has 82 valence electrons. The molecule has 0 aromatic heterocycles. The topological polar surface area (TPSA) is 44.4 Å². The normalized spacial score (nSPS) is 21.5. The highest BCUT2D eigenvalue weighted by Gasteiger charge is 2.21. The maximum atomic E-state index is 11.5. The number of nitrogens with one attached hydrogen (secondary N) is 2. The van der Waals surface area contributed by atoms with Gasteiger partial charge in [-0.05, 0) is 27.1 Å². The van der Waals surface area contributed by atoms with Crippen LogP contribution in [0.15, 0.2) is 0 Å². The SMILES string of the molecule is CN(C)CCCNC(=O)C1CSCN1. The summed E-state index contributed by atoms with van der Waals surface area (Å²) in [4.78, 5) is 13.6. The van der Waals surface area contributed by atoms with Gasteiger partial charge in [-0.15, -0.1) is 11.8 Å². The minimum atomic E-state index is 0.0272.